The molecular weight excluding hydrogens is 366 g/mol. The lowest BCUT2D eigenvalue weighted by Gasteiger charge is -2.14. The summed E-state index contributed by atoms with van der Waals surface area (Å²) in [7, 11) is 0. The maximum atomic E-state index is 12.6. The van der Waals surface area contributed by atoms with Crippen molar-refractivity contribution in [3.8, 4) is 5.95 Å². The van der Waals surface area contributed by atoms with Gasteiger partial charge in [0.2, 0.25) is 11.9 Å². The van der Waals surface area contributed by atoms with Gasteiger partial charge in [0.25, 0.3) is 5.56 Å². The van der Waals surface area contributed by atoms with E-state index in [1.165, 1.54) is 10.6 Å². The van der Waals surface area contributed by atoms with Crippen molar-refractivity contribution < 1.29 is 4.79 Å². The van der Waals surface area contributed by atoms with Gasteiger partial charge < -0.3 is 5.32 Å². The van der Waals surface area contributed by atoms with Crippen LogP contribution in [-0.4, -0.2) is 25.2 Å². The highest BCUT2D eigenvalue weighted by molar-refractivity contribution is 6.30. The van der Waals surface area contributed by atoms with Crippen LogP contribution in [0.15, 0.2) is 41.2 Å². The number of carbonyl (C=O) groups is 1. The number of aryl methyl sites for hydroxylation is 3. The summed E-state index contributed by atoms with van der Waals surface area (Å²) in [6, 6.07) is 10.1. The lowest BCUT2D eigenvalue weighted by atomic mass is 10.3. The number of aromatic nitrogens is 4. The monoisotopic (exact) mass is 385 g/mol. The average Bonchev–Trinajstić information content (AvgIpc) is 2.96. The third kappa shape index (κ3) is 4.25. The van der Waals surface area contributed by atoms with Crippen molar-refractivity contribution in [2.24, 2.45) is 0 Å². The number of hydrogen-bond donors (Lipinski definition) is 1. The van der Waals surface area contributed by atoms with Gasteiger partial charge >= 0.3 is 0 Å². The Morgan fingerprint density at radius 2 is 1.89 bits per heavy atom. The standard InChI is InChI=1S/C19H20ClN5O2/c1-4-15-10-18(27)24(19(22-15)25-13(3)9-12(2)23-25)11-17(26)21-16-7-5-14(20)6-8-16/h5-10H,4,11H2,1-3H3,(H,21,26). The van der Waals surface area contributed by atoms with Crippen LogP contribution in [0, 0.1) is 13.8 Å². The molecule has 3 rings (SSSR count). The molecule has 0 radical (unpaired) electrons. The third-order valence-electron chi connectivity index (χ3n) is 4.03. The van der Waals surface area contributed by atoms with Crippen molar-refractivity contribution in [2.45, 2.75) is 33.7 Å². The molecule has 0 saturated heterocycles. The summed E-state index contributed by atoms with van der Waals surface area (Å²) < 4.78 is 2.91. The largest absolute Gasteiger partial charge is 0.325 e. The molecule has 0 saturated carbocycles. The summed E-state index contributed by atoms with van der Waals surface area (Å²) >= 11 is 5.86. The van der Waals surface area contributed by atoms with Gasteiger partial charge in [0.15, 0.2) is 0 Å². The molecule has 2 aromatic heterocycles. The predicted octanol–water partition coefficient (Wildman–Crippen LogP) is 2.90. The summed E-state index contributed by atoms with van der Waals surface area (Å²) in [4.78, 5) is 29.6. The third-order valence-corrected chi connectivity index (χ3v) is 4.28. The van der Waals surface area contributed by atoms with Gasteiger partial charge in [-0.3, -0.25) is 14.2 Å². The maximum absolute atomic E-state index is 12.6. The van der Waals surface area contributed by atoms with Crippen molar-refractivity contribution in [3.63, 3.8) is 0 Å². The molecule has 0 aliphatic heterocycles. The zero-order chi connectivity index (χ0) is 19.6. The second kappa shape index (κ2) is 7.75. The van der Waals surface area contributed by atoms with Gasteiger partial charge in [-0.25, -0.2) is 9.67 Å². The molecule has 1 N–H and O–H groups in total. The summed E-state index contributed by atoms with van der Waals surface area (Å²) in [6.07, 6.45) is 0.610. The molecule has 1 aromatic carbocycles. The van der Waals surface area contributed by atoms with Crippen molar-refractivity contribution in [2.75, 3.05) is 5.32 Å². The van der Waals surface area contributed by atoms with Gasteiger partial charge in [0.1, 0.15) is 6.54 Å². The number of nitrogens with zero attached hydrogens (tertiary/aromatic N) is 4. The van der Waals surface area contributed by atoms with Crippen molar-refractivity contribution >= 4 is 23.2 Å². The Labute approximate surface area is 161 Å². The second-order valence-electron chi connectivity index (χ2n) is 6.22. The molecule has 0 aliphatic carbocycles. The van der Waals surface area contributed by atoms with Gasteiger partial charge in [-0.2, -0.15) is 5.10 Å². The minimum absolute atomic E-state index is 0.174. The molecule has 0 fully saturated rings. The second-order valence-corrected chi connectivity index (χ2v) is 6.66. The lowest BCUT2D eigenvalue weighted by Crippen LogP contribution is -2.32. The Kier molecular flexibility index (Phi) is 5.41. The molecule has 27 heavy (non-hydrogen) atoms. The number of hydrogen-bond acceptors (Lipinski definition) is 4. The Hall–Kier alpha value is -2.93. The Morgan fingerprint density at radius 1 is 1.19 bits per heavy atom. The highest BCUT2D eigenvalue weighted by atomic mass is 35.5. The van der Waals surface area contributed by atoms with Crippen LogP contribution in [0.5, 0.6) is 0 Å². The normalized spacial score (nSPS) is 10.8. The molecule has 7 nitrogen and oxygen atoms in total. The molecule has 0 spiro atoms. The zero-order valence-electron chi connectivity index (χ0n) is 15.4. The first-order chi connectivity index (χ1) is 12.9. The molecular formula is C19H20ClN5O2. The Bertz CT molecular complexity index is 1040. The molecule has 8 heteroatoms. The van der Waals surface area contributed by atoms with Crippen LogP contribution in [0.1, 0.15) is 24.0 Å². The molecule has 0 bridgehead atoms. The first-order valence-electron chi connectivity index (χ1n) is 8.57. The van der Waals surface area contributed by atoms with E-state index >= 15 is 0 Å². The summed E-state index contributed by atoms with van der Waals surface area (Å²) in [5, 5.41) is 7.74. The SMILES string of the molecule is CCc1cc(=O)n(CC(=O)Nc2ccc(Cl)cc2)c(-n2nc(C)cc2C)n1. The summed E-state index contributed by atoms with van der Waals surface area (Å²) in [6.45, 7) is 5.49. The molecule has 140 valence electrons. The molecule has 0 aliphatic rings. The van der Waals surface area contributed by atoms with E-state index in [1.807, 2.05) is 26.8 Å². The summed E-state index contributed by atoms with van der Waals surface area (Å²) in [5.74, 6) is -0.00976. The summed E-state index contributed by atoms with van der Waals surface area (Å²) in [5.41, 5.74) is 2.59. The minimum Gasteiger partial charge on any atom is -0.325 e. The van der Waals surface area contributed by atoms with E-state index in [0.717, 1.165) is 11.4 Å². The number of anilines is 1. The van der Waals surface area contributed by atoms with Crippen LogP contribution in [0.4, 0.5) is 5.69 Å². The highest BCUT2D eigenvalue weighted by Gasteiger charge is 2.16. The maximum Gasteiger partial charge on any atom is 0.255 e. The number of halogens is 1. The fourth-order valence-electron chi connectivity index (χ4n) is 2.74. The van der Waals surface area contributed by atoms with Crippen LogP contribution < -0.4 is 10.9 Å². The number of rotatable bonds is 5. The van der Waals surface area contributed by atoms with Gasteiger partial charge in [-0.15, -0.1) is 0 Å². The van der Waals surface area contributed by atoms with Gasteiger partial charge in [-0.1, -0.05) is 18.5 Å². The Balaban J connectivity index is 1.96. The number of carbonyl (C=O) groups excluding carboxylic acids is 1. The quantitative estimate of drug-likeness (QED) is 0.732. The van der Waals surface area contributed by atoms with E-state index in [-0.39, 0.29) is 18.0 Å². The highest BCUT2D eigenvalue weighted by Crippen LogP contribution is 2.14. The average molecular weight is 386 g/mol. The number of benzene rings is 1. The van der Waals surface area contributed by atoms with Crippen molar-refractivity contribution in [3.05, 3.63) is 68.9 Å². The van der Waals surface area contributed by atoms with Crippen LogP contribution in [0.25, 0.3) is 5.95 Å². The fourth-order valence-corrected chi connectivity index (χ4v) is 2.87. The molecule has 0 atom stereocenters. The minimum atomic E-state index is -0.340. The first-order valence-corrected chi connectivity index (χ1v) is 8.95. The number of nitrogens with one attached hydrogen (secondary N) is 1. The topological polar surface area (TPSA) is 81.8 Å². The van der Waals surface area contributed by atoms with Crippen LogP contribution in [0.2, 0.25) is 5.02 Å². The van der Waals surface area contributed by atoms with Crippen LogP contribution in [0.3, 0.4) is 0 Å². The van der Waals surface area contributed by atoms with Crippen molar-refractivity contribution in [1.82, 2.24) is 19.3 Å². The van der Waals surface area contributed by atoms with E-state index < -0.39 is 0 Å². The van der Waals surface area contributed by atoms with Gasteiger partial charge in [0.05, 0.1) is 5.69 Å². The Morgan fingerprint density at radius 3 is 2.48 bits per heavy atom. The molecule has 0 unspecified atom stereocenters. The van der Waals surface area contributed by atoms with Gasteiger partial charge in [-0.05, 0) is 50.6 Å². The van der Waals surface area contributed by atoms with Crippen LogP contribution in [-0.2, 0) is 17.8 Å². The first kappa shape index (κ1) is 18.8. The van der Waals surface area contributed by atoms with E-state index in [1.54, 1.807) is 28.9 Å². The van der Waals surface area contributed by atoms with Crippen LogP contribution >= 0.6 is 11.6 Å². The van der Waals surface area contributed by atoms with Gasteiger partial charge in [0, 0.05) is 28.2 Å². The molecule has 1 amide bonds. The van der Waals surface area contributed by atoms with E-state index in [0.29, 0.717) is 28.8 Å². The molecule has 2 heterocycles. The smallest absolute Gasteiger partial charge is 0.255 e. The van der Waals surface area contributed by atoms with Crippen molar-refractivity contribution in [1.29, 1.82) is 0 Å². The fraction of sp³-hybridized carbons (Fsp3) is 0.263. The lowest BCUT2D eigenvalue weighted by molar-refractivity contribution is -0.116. The predicted molar refractivity (Wildman–Crippen MR) is 105 cm³/mol. The number of amides is 1. The van der Waals surface area contributed by atoms with E-state index in [2.05, 4.69) is 15.4 Å². The van der Waals surface area contributed by atoms with E-state index in [4.69, 9.17) is 11.6 Å². The van der Waals surface area contributed by atoms with E-state index in [9.17, 15) is 9.59 Å². The molecule has 3 aromatic rings. The zero-order valence-corrected chi connectivity index (χ0v) is 16.1.